The van der Waals surface area contributed by atoms with E-state index in [1.54, 1.807) is 6.92 Å². The molecule has 2 aromatic rings. The van der Waals surface area contributed by atoms with E-state index in [1.807, 2.05) is 35.2 Å². The number of fused-ring (bicyclic) bond motifs is 1. The number of aromatic nitrogens is 1. The lowest BCUT2D eigenvalue weighted by molar-refractivity contribution is -0.120. The lowest BCUT2D eigenvalue weighted by atomic mass is 9.99. The molecule has 1 unspecified atom stereocenters. The molecule has 0 aliphatic heterocycles. The summed E-state index contributed by atoms with van der Waals surface area (Å²) in [6.07, 6.45) is 2.78. The Balaban J connectivity index is 2.27. The van der Waals surface area contributed by atoms with E-state index in [4.69, 9.17) is 0 Å². The summed E-state index contributed by atoms with van der Waals surface area (Å²) < 4.78 is 24.0. The zero-order chi connectivity index (χ0) is 13.3. The summed E-state index contributed by atoms with van der Waals surface area (Å²) in [6, 6.07) is 7.46. The van der Waals surface area contributed by atoms with Gasteiger partial charge in [0.05, 0.1) is 12.2 Å². The molecule has 2 N–H and O–H groups in total. The van der Waals surface area contributed by atoms with Crippen LogP contribution in [0.3, 0.4) is 0 Å². The van der Waals surface area contributed by atoms with Gasteiger partial charge < -0.3 is 4.98 Å². The molecule has 18 heavy (non-hydrogen) atoms. The average molecular weight is 266 g/mol. The minimum absolute atomic E-state index is 0.515. The fraction of sp³-hybridized carbons (Fsp3) is 0.250. The van der Waals surface area contributed by atoms with Gasteiger partial charge in [0, 0.05) is 11.7 Å². The molecule has 6 heteroatoms. The molecular formula is C12H14N2O3S. The summed E-state index contributed by atoms with van der Waals surface area (Å²) in [5.41, 5.74) is 1.76. The number of aromatic amines is 1. The van der Waals surface area contributed by atoms with Gasteiger partial charge in [-0.1, -0.05) is 6.07 Å². The van der Waals surface area contributed by atoms with Crippen molar-refractivity contribution < 1.29 is 13.2 Å². The zero-order valence-electron chi connectivity index (χ0n) is 10.1. The maximum atomic E-state index is 11.7. The third-order valence-electron chi connectivity index (χ3n) is 2.76. The molecule has 5 nitrogen and oxygen atoms in total. The highest BCUT2D eigenvalue weighted by molar-refractivity contribution is 7.89. The molecule has 0 aliphatic carbocycles. The highest BCUT2D eigenvalue weighted by atomic mass is 32.2. The Hall–Kier alpha value is -1.82. The first-order chi connectivity index (χ1) is 8.37. The molecule has 96 valence electrons. The van der Waals surface area contributed by atoms with Gasteiger partial charge in [-0.05, 0) is 36.1 Å². The van der Waals surface area contributed by atoms with Crippen LogP contribution >= 0.6 is 0 Å². The Kier molecular flexibility index (Phi) is 3.13. The number of rotatable bonds is 3. The van der Waals surface area contributed by atoms with Crippen LogP contribution in [-0.4, -0.2) is 25.6 Å². The van der Waals surface area contributed by atoms with Crippen molar-refractivity contribution in [2.45, 2.75) is 12.8 Å². The van der Waals surface area contributed by atoms with Crippen LogP contribution < -0.4 is 4.72 Å². The second-order valence-corrected chi connectivity index (χ2v) is 6.03. The van der Waals surface area contributed by atoms with Gasteiger partial charge in [-0.25, -0.2) is 8.42 Å². The molecule has 1 atom stereocenters. The van der Waals surface area contributed by atoms with Crippen molar-refractivity contribution in [2.75, 3.05) is 6.26 Å². The Morgan fingerprint density at radius 3 is 2.72 bits per heavy atom. The topological polar surface area (TPSA) is 79.0 Å². The number of benzene rings is 1. The summed E-state index contributed by atoms with van der Waals surface area (Å²) >= 11 is 0. The molecule has 0 aliphatic rings. The molecule has 0 bridgehead atoms. The third-order valence-corrected chi connectivity index (χ3v) is 3.33. The van der Waals surface area contributed by atoms with Gasteiger partial charge in [0.15, 0.2) is 0 Å². The second-order valence-electron chi connectivity index (χ2n) is 4.28. The first-order valence-corrected chi connectivity index (χ1v) is 7.34. The van der Waals surface area contributed by atoms with Crippen LogP contribution in [0.4, 0.5) is 0 Å². The van der Waals surface area contributed by atoms with E-state index >= 15 is 0 Å². The zero-order valence-corrected chi connectivity index (χ0v) is 10.9. The molecule has 1 heterocycles. The van der Waals surface area contributed by atoms with Crippen LogP contribution in [-0.2, 0) is 14.8 Å². The Morgan fingerprint density at radius 1 is 1.33 bits per heavy atom. The quantitative estimate of drug-likeness (QED) is 0.880. The summed E-state index contributed by atoms with van der Waals surface area (Å²) in [5, 5.41) is 0.992. The lowest BCUT2D eigenvalue weighted by Gasteiger charge is -2.11. The van der Waals surface area contributed by atoms with E-state index in [0.29, 0.717) is 0 Å². The Morgan fingerprint density at radius 2 is 2.06 bits per heavy atom. The third kappa shape index (κ3) is 2.70. The molecule has 0 radical (unpaired) electrons. The molecular weight excluding hydrogens is 252 g/mol. The van der Waals surface area contributed by atoms with Crippen LogP contribution in [0.2, 0.25) is 0 Å². The predicted molar refractivity (Wildman–Crippen MR) is 69.7 cm³/mol. The van der Waals surface area contributed by atoms with Gasteiger partial charge in [0.1, 0.15) is 0 Å². The van der Waals surface area contributed by atoms with Crippen LogP contribution in [0.25, 0.3) is 10.9 Å². The van der Waals surface area contributed by atoms with Gasteiger partial charge in [-0.2, -0.15) is 0 Å². The summed E-state index contributed by atoms with van der Waals surface area (Å²) in [5.74, 6) is -1.04. The molecule has 0 spiro atoms. The summed E-state index contributed by atoms with van der Waals surface area (Å²) in [7, 11) is -3.51. The highest BCUT2D eigenvalue weighted by Crippen LogP contribution is 2.21. The number of carbonyl (C=O) groups is 1. The number of nitrogens with one attached hydrogen (secondary N) is 2. The molecule has 1 amide bonds. The molecule has 2 rings (SSSR count). The van der Waals surface area contributed by atoms with Crippen LogP contribution in [0.15, 0.2) is 30.5 Å². The number of hydrogen-bond acceptors (Lipinski definition) is 3. The monoisotopic (exact) mass is 266 g/mol. The lowest BCUT2D eigenvalue weighted by Crippen LogP contribution is -2.32. The van der Waals surface area contributed by atoms with Gasteiger partial charge >= 0.3 is 0 Å². The van der Waals surface area contributed by atoms with Gasteiger partial charge in [-0.15, -0.1) is 0 Å². The molecule has 0 saturated carbocycles. The first-order valence-electron chi connectivity index (χ1n) is 5.45. The Bertz CT molecular complexity index is 688. The maximum absolute atomic E-state index is 11.7. The number of amides is 1. The van der Waals surface area contributed by atoms with Gasteiger partial charge in [-0.3, -0.25) is 9.52 Å². The highest BCUT2D eigenvalue weighted by Gasteiger charge is 2.18. The largest absolute Gasteiger partial charge is 0.361 e. The minimum atomic E-state index is -3.51. The minimum Gasteiger partial charge on any atom is -0.361 e. The van der Waals surface area contributed by atoms with Crippen molar-refractivity contribution in [3.8, 4) is 0 Å². The number of carbonyl (C=O) groups excluding carboxylic acids is 1. The van der Waals surface area contributed by atoms with Crippen LogP contribution in [0, 0.1) is 0 Å². The van der Waals surface area contributed by atoms with Gasteiger partial charge in [0.2, 0.25) is 15.9 Å². The average Bonchev–Trinajstić information content (AvgIpc) is 2.72. The smallest absolute Gasteiger partial charge is 0.240 e. The first kappa shape index (κ1) is 12.6. The fourth-order valence-corrected chi connectivity index (χ4v) is 2.31. The predicted octanol–water partition coefficient (Wildman–Crippen LogP) is 1.35. The van der Waals surface area contributed by atoms with Crippen molar-refractivity contribution >= 4 is 26.8 Å². The second kappa shape index (κ2) is 4.45. The summed E-state index contributed by atoms with van der Waals surface area (Å²) in [4.78, 5) is 14.8. The maximum Gasteiger partial charge on any atom is 0.240 e. The normalized spacial score (nSPS) is 13.4. The van der Waals surface area contributed by atoms with Crippen molar-refractivity contribution in [2.24, 2.45) is 0 Å². The van der Waals surface area contributed by atoms with Crippen molar-refractivity contribution in [3.05, 3.63) is 36.0 Å². The van der Waals surface area contributed by atoms with E-state index in [-0.39, 0.29) is 0 Å². The van der Waals surface area contributed by atoms with Crippen molar-refractivity contribution in [3.63, 3.8) is 0 Å². The van der Waals surface area contributed by atoms with Crippen LogP contribution in [0.1, 0.15) is 18.4 Å². The number of sulfonamides is 1. The van der Waals surface area contributed by atoms with E-state index in [0.717, 1.165) is 22.7 Å². The molecule has 1 aromatic heterocycles. The standard InChI is InChI=1S/C12H14N2O3S/c1-8(12(15)14-18(2,16)17)9-3-4-11-10(7-9)5-6-13-11/h3-8,13H,1-2H3,(H,14,15). The van der Waals surface area contributed by atoms with Crippen molar-refractivity contribution in [1.29, 1.82) is 0 Å². The Labute approximate surface area is 105 Å². The van der Waals surface area contributed by atoms with E-state index in [1.165, 1.54) is 0 Å². The molecule has 0 fully saturated rings. The molecule has 0 saturated heterocycles. The molecule has 1 aromatic carbocycles. The van der Waals surface area contributed by atoms with E-state index < -0.39 is 21.8 Å². The number of H-pyrrole nitrogens is 1. The van der Waals surface area contributed by atoms with Gasteiger partial charge in [0.25, 0.3) is 0 Å². The SMILES string of the molecule is CC(C(=O)NS(C)(=O)=O)c1ccc2[nH]ccc2c1. The number of hydrogen-bond donors (Lipinski definition) is 2. The summed E-state index contributed by atoms with van der Waals surface area (Å²) in [6.45, 7) is 1.67. The fourth-order valence-electron chi connectivity index (χ4n) is 1.76. The van der Waals surface area contributed by atoms with Crippen molar-refractivity contribution in [1.82, 2.24) is 9.71 Å². The van der Waals surface area contributed by atoms with E-state index in [2.05, 4.69) is 4.98 Å². The van der Waals surface area contributed by atoms with Crippen LogP contribution in [0.5, 0.6) is 0 Å². The van der Waals surface area contributed by atoms with E-state index in [9.17, 15) is 13.2 Å².